The molecule has 2 nitrogen and oxygen atoms in total. The molecular formula is C11H20BrNO. The van der Waals surface area contributed by atoms with Crippen molar-refractivity contribution in [2.45, 2.75) is 50.9 Å². The maximum atomic E-state index is 11.7. The summed E-state index contributed by atoms with van der Waals surface area (Å²) in [4.78, 5) is 13.8. The number of alkyl halides is 1. The topological polar surface area (TPSA) is 20.3 Å². The molecule has 0 aliphatic carbocycles. The monoisotopic (exact) mass is 261 g/mol. The average molecular weight is 262 g/mol. The summed E-state index contributed by atoms with van der Waals surface area (Å²) in [7, 11) is 0. The summed E-state index contributed by atoms with van der Waals surface area (Å²) in [5.41, 5.74) is 0. The fourth-order valence-corrected chi connectivity index (χ4v) is 2.45. The summed E-state index contributed by atoms with van der Waals surface area (Å²) in [5, 5.41) is 0. The van der Waals surface area contributed by atoms with Gasteiger partial charge in [-0.05, 0) is 25.7 Å². The fourth-order valence-electron chi connectivity index (χ4n) is 1.98. The number of hydrogen-bond acceptors (Lipinski definition) is 1. The maximum absolute atomic E-state index is 11.7. The van der Waals surface area contributed by atoms with Gasteiger partial charge in [0.25, 0.3) is 0 Å². The summed E-state index contributed by atoms with van der Waals surface area (Å²) in [6.45, 7) is 7.54. The second kappa shape index (κ2) is 5.15. The molecule has 0 radical (unpaired) electrons. The lowest BCUT2D eigenvalue weighted by atomic mass is 10.00. The maximum Gasteiger partial charge on any atom is 0.236 e. The van der Waals surface area contributed by atoms with Gasteiger partial charge >= 0.3 is 0 Å². The van der Waals surface area contributed by atoms with E-state index in [9.17, 15) is 4.79 Å². The van der Waals surface area contributed by atoms with E-state index in [2.05, 4.69) is 36.7 Å². The van der Waals surface area contributed by atoms with Gasteiger partial charge in [-0.2, -0.15) is 0 Å². The molecule has 0 saturated carbocycles. The van der Waals surface area contributed by atoms with Crippen LogP contribution in [0.2, 0.25) is 0 Å². The first kappa shape index (κ1) is 12.0. The van der Waals surface area contributed by atoms with Crippen LogP contribution in [-0.2, 0) is 4.79 Å². The van der Waals surface area contributed by atoms with E-state index >= 15 is 0 Å². The minimum Gasteiger partial charge on any atom is -0.339 e. The summed E-state index contributed by atoms with van der Waals surface area (Å²) in [6, 6.07) is 0.403. The van der Waals surface area contributed by atoms with E-state index in [1.165, 1.54) is 6.42 Å². The number of carbonyl (C=O) groups is 1. The standard InChI is InChI=1S/C11H20BrNO/c1-4-8(2)7-9(3)13-6-5-10(12)11(13)14/h8-10H,4-7H2,1-3H3. The quantitative estimate of drug-likeness (QED) is 0.713. The van der Waals surface area contributed by atoms with Gasteiger partial charge < -0.3 is 4.90 Å². The highest BCUT2D eigenvalue weighted by Gasteiger charge is 2.32. The van der Waals surface area contributed by atoms with E-state index in [0.29, 0.717) is 12.0 Å². The molecular weight excluding hydrogens is 242 g/mol. The van der Waals surface area contributed by atoms with Crippen molar-refractivity contribution in [3.8, 4) is 0 Å². The Labute approximate surface area is 95.2 Å². The van der Waals surface area contributed by atoms with Crippen LogP contribution in [0.15, 0.2) is 0 Å². The first-order chi connectivity index (χ1) is 6.56. The van der Waals surface area contributed by atoms with Gasteiger partial charge in [0.2, 0.25) is 5.91 Å². The first-order valence-electron chi connectivity index (χ1n) is 5.50. The molecule has 1 rings (SSSR count). The molecule has 0 aromatic carbocycles. The lowest BCUT2D eigenvalue weighted by Crippen LogP contribution is -2.36. The van der Waals surface area contributed by atoms with Crippen LogP contribution in [0.1, 0.15) is 40.0 Å². The van der Waals surface area contributed by atoms with Crippen LogP contribution < -0.4 is 0 Å². The van der Waals surface area contributed by atoms with E-state index < -0.39 is 0 Å². The second-order valence-electron chi connectivity index (χ2n) is 4.39. The summed E-state index contributed by atoms with van der Waals surface area (Å²) in [6.07, 6.45) is 3.29. The average Bonchev–Trinajstić information content (AvgIpc) is 2.47. The van der Waals surface area contributed by atoms with Gasteiger partial charge in [-0.3, -0.25) is 4.79 Å². The molecule has 1 aliphatic heterocycles. The molecule has 82 valence electrons. The predicted molar refractivity (Wildman–Crippen MR) is 62.6 cm³/mol. The van der Waals surface area contributed by atoms with Crippen molar-refractivity contribution in [3.05, 3.63) is 0 Å². The van der Waals surface area contributed by atoms with Gasteiger partial charge in [-0.1, -0.05) is 36.2 Å². The number of amides is 1. The number of hydrogen-bond donors (Lipinski definition) is 0. The van der Waals surface area contributed by atoms with Crippen molar-refractivity contribution in [1.29, 1.82) is 0 Å². The largest absolute Gasteiger partial charge is 0.339 e. The predicted octanol–water partition coefficient (Wildman–Crippen LogP) is 2.81. The molecule has 3 heteroatoms. The zero-order valence-electron chi connectivity index (χ0n) is 9.29. The SMILES string of the molecule is CCC(C)CC(C)N1CCC(Br)C1=O. The van der Waals surface area contributed by atoms with Crippen LogP contribution in [0, 0.1) is 5.92 Å². The Morgan fingerprint density at radius 2 is 2.21 bits per heavy atom. The van der Waals surface area contributed by atoms with E-state index in [1.54, 1.807) is 0 Å². The van der Waals surface area contributed by atoms with Crippen molar-refractivity contribution in [2.75, 3.05) is 6.54 Å². The number of carbonyl (C=O) groups excluding carboxylic acids is 1. The molecule has 1 amide bonds. The zero-order valence-corrected chi connectivity index (χ0v) is 10.9. The highest BCUT2D eigenvalue weighted by molar-refractivity contribution is 9.10. The van der Waals surface area contributed by atoms with Crippen molar-refractivity contribution < 1.29 is 4.79 Å². The van der Waals surface area contributed by atoms with Crippen LogP contribution in [0.3, 0.4) is 0 Å². The summed E-state index contributed by atoms with van der Waals surface area (Å²) >= 11 is 3.40. The third kappa shape index (κ3) is 2.72. The van der Waals surface area contributed by atoms with Crippen LogP contribution in [0.25, 0.3) is 0 Å². The molecule has 1 fully saturated rings. The first-order valence-corrected chi connectivity index (χ1v) is 6.42. The Kier molecular flexibility index (Phi) is 4.42. The van der Waals surface area contributed by atoms with Gasteiger partial charge in [0.15, 0.2) is 0 Å². The van der Waals surface area contributed by atoms with E-state index in [0.717, 1.165) is 19.4 Å². The molecule has 1 aliphatic rings. The molecule has 3 atom stereocenters. The van der Waals surface area contributed by atoms with Crippen molar-refractivity contribution in [2.24, 2.45) is 5.92 Å². The molecule has 0 aromatic heterocycles. The Hall–Kier alpha value is -0.0500. The smallest absolute Gasteiger partial charge is 0.236 e. The lowest BCUT2D eigenvalue weighted by Gasteiger charge is -2.26. The van der Waals surface area contributed by atoms with E-state index in [4.69, 9.17) is 0 Å². The van der Waals surface area contributed by atoms with Crippen LogP contribution in [0.5, 0.6) is 0 Å². The normalized spacial score (nSPS) is 26.7. The van der Waals surface area contributed by atoms with Gasteiger partial charge in [0.05, 0.1) is 4.83 Å². The Bertz CT molecular complexity index is 207. The van der Waals surface area contributed by atoms with Gasteiger partial charge in [-0.25, -0.2) is 0 Å². The Morgan fingerprint density at radius 3 is 2.64 bits per heavy atom. The molecule has 0 N–H and O–H groups in total. The second-order valence-corrected chi connectivity index (χ2v) is 5.49. The molecule has 0 bridgehead atoms. The fraction of sp³-hybridized carbons (Fsp3) is 0.909. The minimum atomic E-state index is 0.0712. The Morgan fingerprint density at radius 1 is 1.57 bits per heavy atom. The number of nitrogens with zero attached hydrogens (tertiary/aromatic N) is 1. The third-order valence-electron chi connectivity index (χ3n) is 3.15. The van der Waals surface area contributed by atoms with Crippen molar-refractivity contribution in [3.63, 3.8) is 0 Å². The van der Waals surface area contributed by atoms with Crippen LogP contribution in [-0.4, -0.2) is 28.2 Å². The van der Waals surface area contributed by atoms with Crippen LogP contribution >= 0.6 is 15.9 Å². The molecule has 1 saturated heterocycles. The molecule has 3 unspecified atom stereocenters. The highest BCUT2D eigenvalue weighted by Crippen LogP contribution is 2.23. The van der Waals surface area contributed by atoms with Crippen LogP contribution in [0.4, 0.5) is 0 Å². The van der Waals surface area contributed by atoms with Gasteiger partial charge in [0.1, 0.15) is 0 Å². The summed E-state index contributed by atoms with van der Waals surface area (Å²) < 4.78 is 0. The lowest BCUT2D eigenvalue weighted by molar-refractivity contribution is -0.129. The summed E-state index contributed by atoms with van der Waals surface area (Å²) in [5.74, 6) is 0.993. The van der Waals surface area contributed by atoms with E-state index in [1.807, 2.05) is 4.90 Å². The van der Waals surface area contributed by atoms with Crippen molar-refractivity contribution in [1.82, 2.24) is 4.90 Å². The highest BCUT2D eigenvalue weighted by atomic mass is 79.9. The molecule has 0 spiro atoms. The van der Waals surface area contributed by atoms with Gasteiger partial charge in [-0.15, -0.1) is 0 Å². The van der Waals surface area contributed by atoms with Gasteiger partial charge in [0, 0.05) is 12.6 Å². The third-order valence-corrected chi connectivity index (χ3v) is 4.00. The molecule has 1 heterocycles. The van der Waals surface area contributed by atoms with Crippen molar-refractivity contribution >= 4 is 21.8 Å². The van der Waals surface area contributed by atoms with E-state index in [-0.39, 0.29) is 10.7 Å². The Balaban J connectivity index is 2.45. The molecule has 14 heavy (non-hydrogen) atoms. The number of rotatable bonds is 4. The number of likely N-dealkylation sites (tertiary alicyclic amines) is 1. The minimum absolute atomic E-state index is 0.0712. The molecule has 0 aromatic rings. The number of halogens is 1. The zero-order chi connectivity index (χ0) is 10.7.